The van der Waals surface area contributed by atoms with Gasteiger partial charge in [-0.25, -0.2) is 9.78 Å². The molecule has 3 amide bonds. The Balaban J connectivity index is 1.46. The number of carbonyl (C=O) groups is 4. The summed E-state index contributed by atoms with van der Waals surface area (Å²) in [6, 6.07) is 5.47. The number of amides is 3. The van der Waals surface area contributed by atoms with Crippen LogP contribution in [0.5, 0.6) is 0 Å². The first-order valence-corrected chi connectivity index (χ1v) is 14.5. The smallest absolute Gasteiger partial charge is 0.331 e. The van der Waals surface area contributed by atoms with Gasteiger partial charge in [-0.15, -0.1) is 0 Å². The molecule has 0 radical (unpaired) electrons. The third-order valence-corrected chi connectivity index (χ3v) is 7.61. The molecule has 1 aromatic carbocycles. The summed E-state index contributed by atoms with van der Waals surface area (Å²) in [5, 5.41) is 5.52. The largest absolute Gasteiger partial charge is 0.434 e. The molecule has 0 bridgehead atoms. The van der Waals surface area contributed by atoms with Crippen molar-refractivity contribution in [3.8, 4) is 0 Å². The van der Waals surface area contributed by atoms with Crippen LogP contribution in [0.4, 0.5) is 0 Å². The highest BCUT2D eigenvalue weighted by atomic mass is 16.4. The zero-order valence-electron chi connectivity index (χ0n) is 25.0. The van der Waals surface area contributed by atoms with Gasteiger partial charge >= 0.3 is 5.69 Å². The molecule has 2 N–H and O–H groups in total. The number of rotatable bonds is 11. The number of likely N-dealkylation sites (tertiary alicyclic amines) is 1. The van der Waals surface area contributed by atoms with Gasteiger partial charge in [0.25, 0.3) is 11.4 Å². The second-order valence-electron chi connectivity index (χ2n) is 11.4. The number of ketones is 1. The average molecular weight is 595 g/mol. The molecule has 3 aromatic rings. The molecule has 0 spiro atoms. The van der Waals surface area contributed by atoms with Gasteiger partial charge in [-0.2, -0.15) is 0 Å². The molecule has 3 atom stereocenters. The van der Waals surface area contributed by atoms with E-state index in [1.54, 1.807) is 58.9 Å². The van der Waals surface area contributed by atoms with Gasteiger partial charge in [0.05, 0.1) is 6.04 Å². The van der Waals surface area contributed by atoms with Gasteiger partial charge in [0.15, 0.2) is 5.58 Å². The van der Waals surface area contributed by atoms with Gasteiger partial charge in [-0.1, -0.05) is 39.8 Å². The SMILES string of the molecule is CCn1c(=O)ccn(CC(=O)N[C@H](C(=O)N2CCC[C@H]2C(=O)N[C@H](C(=O)c2nc3ccccc3o2)C(C)C)C(C)C)c1=O. The topological polar surface area (TPSA) is 166 Å². The summed E-state index contributed by atoms with van der Waals surface area (Å²) < 4.78 is 7.75. The van der Waals surface area contributed by atoms with Gasteiger partial charge in [-0.05, 0) is 43.7 Å². The van der Waals surface area contributed by atoms with E-state index in [1.165, 1.54) is 17.2 Å². The Labute approximate surface area is 248 Å². The zero-order chi connectivity index (χ0) is 31.4. The molecule has 4 rings (SSSR count). The third-order valence-electron chi connectivity index (χ3n) is 7.61. The first-order valence-electron chi connectivity index (χ1n) is 14.5. The molecule has 230 valence electrons. The zero-order valence-corrected chi connectivity index (χ0v) is 25.0. The second-order valence-corrected chi connectivity index (χ2v) is 11.4. The van der Waals surface area contributed by atoms with Crippen LogP contribution in [0.1, 0.15) is 58.1 Å². The lowest BCUT2D eigenvalue weighted by Gasteiger charge is -2.31. The number of benzene rings is 1. The quantitative estimate of drug-likeness (QED) is 0.314. The minimum Gasteiger partial charge on any atom is -0.434 e. The highest BCUT2D eigenvalue weighted by Crippen LogP contribution is 2.22. The Morgan fingerprint density at radius 2 is 1.70 bits per heavy atom. The number of nitrogens with zero attached hydrogens (tertiary/aromatic N) is 4. The fourth-order valence-electron chi connectivity index (χ4n) is 5.23. The first-order chi connectivity index (χ1) is 20.4. The summed E-state index contributed by atoms with van der Waals surface area (Å²) in [5.74, 6) is -2.67. The molecule has 13 heteroatoms. The van der Waals surface area contributed by atoms with Crippen molar-refractivity contribution in [2.24, 2.45) is 11.8 Å². The second kappa shape index (κ2) is 13.2. The maximum absolute atomic E-state index is 13.7. The number of fused-ring (bicyclic) bond motifs is 1. The van der Waals surface area contributed by atoms with Crippen molar-refractivity contribution < 1.29 is 23.6 Å². The Morgan fingerprint density at radius 1 is 1.00 bits per heavy atom. The summed E-state index contributed by atoms with van der Waals surface area (Å²) in [6.07, 6.45) is 2.21. The Kier molecular flexibility index (Phi) is 9.62. The summed E-state index contributed by atoms with van der Waals surface area (Å²) in [6.45, 7) is 8.87. The van der Waals surface area contributed by atoms with E-state index < -0.39 is 52.9 Å². The number of aromatic nitrogens is 3. The summed E-state index contributed by atoms with van der Waals surface area (Å²) in [7, 11) is 0. The van der Waals surface area contributed by atoms with Gasteiger partial charge in [0.2, 0.25) is 23.5 Å². The number of hydrogen-bond donors (Lipinski definition) is 2. The molecule has 1 aliphatic heterocycles. The van der Waals surface area contributed by atoms with Crippen molar-refractivity contribution in [1.29, 1.82) is 0 Å². The monoisotopic (exact) mass is 594 g/mol. The van der Waals surface area contributed by atoms with Crippen molar-refractivity contribution in [1.82, 2.24) is 29.7 Å². The first kappa shape index (κ1) is 31.4. The molecule has 1 saturated heterocycles. The molecule has 0 saturated carbocycles. The van der Waals surface area contributed by atoms with E-state index in [4.69, 9.17) is 4.42 Å². The van der Waals surface area contributed by atoms with Crippen molar-refractivity contribution in [3.05, 3.63) is 63.3 Å². The standard InChI is InChI=1S/C30H38N6O7/c1-6-35-23(38)13-15-34(30(35)42)16-22(37)32-25(18(4)5)29(41)36-14-9-11-20(36)27(40)33-24(17(2)3)26(39)28-31-19-10-7-8-12-21(19)43-28/h7-8,10,12-13,15,17-18,20,24-25H,6,9,11,14,16H2,1-5H3,(H,32,37)(H,33,40)/t20-,24-,25-/m0/s1. The van der Waals surface area contributed by atoms with Crippen LogP contribution in [0.2, 0.25) is 0 Å². The van der Waals surface area contributed by atoms with E-state index in [0.717, 1.165) is 9.13 Å². The minimum absolute atomic E-state index is 0.101. The van der Waals surface area contributed by atoms with Crippen LogP contribution in [0.15, 0.2) is 50.5 Å². The van der Waals surface area contributed by atoms with Crippen molar-refractivity contribution in [2.45, 2.75) is 78.7 Å². The number of carbonyl (C=O) groups excluding carboxylic acids is 4. The van der Waals surface area contributed by atoms with Gasteiger partial charge < -0.3 is 20.0 Å². The highest BCUT2D eigenvalue weighted by Gasteiger charge is 2.40. The van der Waals surface area contributed by atoms with E-state index in [0.29, 0.717) is 30.5 Å². The number of oxazole rings is 1. The molecule has 0 aliphatic carbocycles. The summed E-state index contributed by atoms with van der Waals surface area (Å²) >= 11 is 0. The molecule has 13 nitrogen and oxygen atoms in total. The molecule has 3 heterocycles. The molecule has 1 fully saturated rings. The molecule has 43 heavy (non-hydrogen) atoms. The summed E-state index contributed by atoms with van der Waals surface area (Å²) in [4.78, 5) is 83.6. The van der Waals surface area contributed by atoms with E-state index >= 15 is 0 Å². The lowest BCUT2D eigenvalue weighted by Crippen LogP contribution is -2.57. The highest BCUT2D eigenvalue weighted by molar-refractivity contribution is 6.01. The average Bonchev–Trinajstić information content (AvgIpc) is 3.63. The maximum Gasteiger partial charge on any atom is 0.331 e. The number of para-hydroxylation sites is 2. The van der Waals surface area contributed by atoms with Crippen LogP contribution in [0, 0.1) is 11.8 Å². The predicted molar refractivity (Wildman–Crippen MR) is 157 cm³/mol. The maximum atomic E-state index is 13.7. The predicted octanol–water partition coefficient (Wildman–Crippen LogP) is 1.33. The molecule has 1 aliphatic rings. The van der Waals surface area contributed by atoms with Crippen LogP contribution in [-0.4, -0.2) is 67.2 Å². The Hall–Kier alpha value is -4.55. The van der Waals surface area contributed by atoms with Crippen LogP contribution in [0.3, 0.4) is 0 Å². The molecule has 2 aromatic heterocycles. The minimum atomic E-state index is -0.962. The Bertz CT molecular complexity index is 1600. The Morgan fingerprint density at radius 3 is 2.35 bits per heavy atom. The van der Waals surface area contributed by atoms with Crippen LogP contribution in [0.25, 0.3) is 11.1 Å². The number of Topliss-reactive ketones (excluding diaryl/α,β-unsaturated/α-hetero) is 1. The van der Waals surface area contributed by atoms with E-state index in [2.05, 4.69) is 15.6 Å². The summed E-state index contributed by atoms with van der Waals surface area (Å²) in [5.41, 5.74) is -0.0919. The number of nitrogens with one attached hydrogen (secondary N) is 2. The normalized spacial score (nSPS) is 16.4. The van der Waals surface area contributed by atoms with Crippen molar-refractivity contribution >= 4 is 34.6 Å². The molecule has 0 unspecified atom stereocenters. The van der Waals surface area contributed by atoms with Gasteiger partial charge in [0, 0.05) is 25.4 Å². The van der Waals surface area contributed by atoms with Crippen LogP contribution in [-0.2, 0) is 27.5 Å². The fraction of sp³-hybridized carbons (Fsp3) is 0.500. The van der Waals surface area contributed by atoms with Crippen LogP contribution >= 0.6 is 0 Å². The van der Waals surface area contributed by atoms with Crippen LogP contribution < -0.4 is 21.9 Å². The third kappa shape index (κ3) is 6.76. The fourth-order valence-corrected chi connectivity index (χ4v) is 5.23. The van der Waals surface area contributed by atoms with Gasteiger partial charge in [0.1, 0.15) is 24.1 Å². The van der Waals surface area contributed by atoms with Gasteiger partial charge in [-0.3, -0.25) is 33.1 Å². The molecular formula is C30H38N6O7. The van der Waals surface area contributed by atoms with Crippen molar-refractivity contribution in [3.63, 3.8) is 0 Å². The van der Waals surface area contributed by atoms with Crippen molar-refractivity contribution in [2.75, 3.05) is 6.54 Å². The van der Waals surface area contributed by atoms with E-state index in [9.17, 15) is 28.8 Å². The lowest BCUT2D eigenvalue weighted by molar-refractivity contribution is -0.142. The lowest BCUT2D eigenvalue weighted by atomic mass is 9.98. The number of hydrogen-bond acceptors (Lipinski definition) is 8. The van der Waals surface area contributed by atoms with E-state index in [-0.39, 0.29) is 30.8 Å². The van der Waals surface area contributed by atoms with E-state index in [1.807, 2.05) is 0 Å². The molecular weight excluding hydrogens is 556 g/mol.